The predicted octanol–water partition coefficient (Wildman–Crippen LogP) is 0.697. The molecule has 2 amide bonds. The second-order valence-corrected chi connectivity index (χ2v) is 4.68. The standard InChI is InChI=1S/C13H16FN3O2/c1-7(15)9-4-3-5-10(14)12(9)17-6-11(18)16-13(19)8(17)2/h3-5,7-8H,6,15H2,1-2H3,(H,16,18,19)/t7-,8?/m1/s1. The Morgan fingerprint density at radius 3 is 2.79 bits per heavy atom. The molecule has 1 aliphatic rings. The number of amides is 2. The molecule has 0 aliphatic carbocycles. The average molecular weight is 265 g/mol. The minimum atomic E-state index is -0.618. The molecule has 0 spiro atoms. The number of piperazine rings is 1. The van der Waals surface area contributed by atoms with E-state index in [0.29, 0.717) is 5.56 Å². The summed E-state index contributed by atoms with van der Waals surface area (Å²) in [4.78, 5) is 24.6. The Hall–Kier alpha value is -1.95. The Morgan fingerprint density at radius 2 is 2.16 bits per heavy atom. The minimum absolute atomic E-state index is 0.0619. The van der Waals surface area contributed by atoms with E-state index >= 15 is 0 Å². The number of carbonyl (C=O) groups excluding carboxylic acids is 2. The molecule has 0 aromatic heterocycles. The van der Waals surface area contributed by atoms with Crippen molar-refractivity contribution in [2.24, 2.45) is 5.73 Å². The van der Waals surface area contributed by atoms with E-state index in [-0.39, 0.29) is 12.2 Å². The Kier molecular flexibility index (Phi) is 3.53. The summed E-state index contributed by atoms with van der Waals surface area (Å²) in [5, 5.41) is 2.22. The summed E-state index contributed by atoms with van der Waals surface area (Å²) in [5.74, 6) is -1.36. The fourth-order valence-electron chi connectivity index (χ4n) is 2.19. The van der Waals surface area contributed by atoms with Crippen LogP contribution in [0.3, 0.4) is 0 Å². The van der Waals surface area contributed by atoms with Gasteiger partial charge in [-0.15, -0.1) is 0 Å². The highest BCUT2D eigenvalue weighted by Gasteiger charge is 2.33. The van der Waals surface area contributed by atoms with Gasteiger partial charge < -0.3 is 10.6 Å². The second-order valence-electron chi connectivity index (χ2n) is 4.68. The number of imide groups is 1. The van der Waals surface area contributed by atoms with Gasteiger partial charge in [0.15, 0.2) is 0 Å². The molecule has 1 aromatic rings. The monoisotopic (exact) mass is 265 g/mol. The fraction of sp³-hybridized carbons (Fsp3) is 0.385. The minimum Gasteiger partial charge on any atom is -0.348 e. The number of nitrogens with one attached hydrogen (secondary N) is 1. The van der Waals surface area contributed by atoms with Crippen LogP contribution in [0.4, 0.5) is 10.1 Å². The Labute approximate surface area is 110 Å². The van der Waals surface area contributed by atoms with Gasteiger partial charge in [-0.3, -0.25) is 14.9 Å². The van der Waals surface area contributed by atoms with Gasteiger partial charge in [-0.1, -0.05) is 12.1 Å². The zero-order valence-electron chi connectivity index (χ0n) is 10.8. The smallest absolute Gasteiger partial charge is 0.249 e. The molecule has 0 saturated carbocycles. The number of hydrogen-bond acceptors (Lipinski definition) is 4. The molecule has 3 N–H and O–H groups in total. The lowest BCUT2D eigenvalue weighted by Crippen LogP contribution is -2.57. The van der Waals surface area contributed by atoms with Gasteiger partial charge >= 0.3 is 0 Å². The lowest BCUT2D eigenvalue weighted by Gasteiger charge is -2.35. The molecule has 5 nitrogen and oxygen atoms in total. The van der Waals surface area contributed by atoms with Crippen LogP contribution in [0.2, 0.25) is 0 Å². The lowest BCUT2D eigenvalue weighted by atomic mass is 10.0. The molecular weight excluding hydrogens is 249 g/mol. The first kappa shape index (κ1) is 13.5. The van der Waals surface area contributed by atoms with Crippen molar-refractivity contribution in [2.75, 3.05) is 11.4 Å². The first-order valence-electron chi connectivity index (χ1n) is 6.06. The van der Waals surface area contributed by atoms with E-state index in [2.05, 4.69) is 5.32 Å². The van der Waals surface area contributed by atoms with Crippen molar-refractivity contribution in [3.63, 3.8) is 0 Å². The zero-order valence-corrected chi connectivity index (χ0v) is 10.8. The van der Waals surface area contributed by atoms with E-state index < -0.39 is 29.7 Å². The van der Waals surface area contributed by atoms with Crippen LogP contribution < -0.4 is 16.0 Å². The molecule has 0 radical (unpaired) electrons. The third-order valence-electron chi connectivity index (χ3n) is 3.22. The van der Waals surface area contributed by atoms with Gasteiger partial charge in [0, 0.05) is 6.04 Å². The molecule has 0 bridgehead atoms. The Bertz CT molecular complexity index is 531. The van der Waals surface area contributed by atoms with Crippen LogP contribution in [-0.4, -0.2) is 24.4 Å². The van der Waals surface area contributed by atoms with Gasteiger partial charge in [0.1, 0.15) is 11.9 Å². The second kappa shape index (κ2) is 4.97. The Morgan fingerprint density at radius 1 is 1.47 bits per heavy atom. The number of halogens is 1. The highest BCUT2D eigenvalue weighted by atomic mass is 19.1. The van der Waals surface area contributed by atoms with Crippen LogP contribution >= 0.6 is 0 Å². The molecular formula is C13H16FN3O2. The predicted molar refractivity (Wildman–Crippen MR) is 69.0 cm³/mol. The van der Waals surface area contributed by atoms with Crippen LogP contribution in [0.5, 0.6) is 0 Å². The van der Waals surface area contributed by atoms with E-state index in [1.807, 2.05) is 0 Å². The van der Waals surface area contributed by atoms with Crippen molar-refractivity contribution in [3.05, 3.63) is 29.6 Å². The summed E-state index contributed by atoms with van der Waals surface area (Å²) in [6, 6.07) is 3.55. The Balaban J connectivity index is 2.51. The van der Waals surface area contributed by atoms with Crippen molar-refractivity contribution in [2.45, 2.75) is 25.9 Å². The largest absolute Gasteiger partial charge is 0.348 e. The zero-order chi connectivity index (χ0) is 14.2. The molecule has 2 rings (SSSR count). The van der Waals surface area contributed by atoms with E-state index in [0.717, 1.165) is 0 Å². The van der Waals surface area contributed by atoms with Crippen LogP contribution in [0.15, 0.2) is 18.2 Å². The normalized spacial score (nSPS) is 21.3. The van der Waals surface area contributed by atoms with Crippen molar-refractivity contribution in [1.82, 2.24) is 5.32 Å². The highest BCUT2D eigenvalue weighted by molar-refractivity contribution is 6.04. The van der Waals surface area contributed by atoms with E-state index in [1.54, 1.807) is 26.0 Å². The van der Waals surface area contributed by atoms with Crippen LogP contribution in [0, 0.1) is 5.82 Å². The number of hydrogen-bond donors (Lipinski definition) is 2. The van der Waals surface area contributed by atoms with Crippen molar-refractivity contribution in [1.29, 1.82) is 0 Å². The summed E-state index contributed by atoms with van der Waals surface area (Å²) >= 11 is 0. The summed E-state index contributed by atoms with van der Waals surface area (Å²) in [5.41, 5.74) is 6.63. The van der Waals surface area contributed by atoms with Gasteiger partial charge in [-0.25, -0.2) is 4.39 Å². The number of carbonyl (C=O) groups is 2. The van der Waals surface area contributed by atoms with Crippen molar-refractivity contribution >= 4 is 17.5 Å². The molecule has 1 aliphatic heterocycles. The van der Waals surface area contributed by atoms with Gasteiger partial charge in [0.25, 0.3) is 0 Å². The van der Waals surface area contributed by atoms with Gasteiger partial charge in [0.2, 0.25) is 11.8 Å². The number of anilines is 1. The summed E-state index contributed by atoms with van der Waals surface area (Å²) in [6.45, 7) is 3.29. The number of para-hydroxylation sites is 1. The van der Waals surface area contributed by atoms with Crippen LogP contribution in [0.25, 0.3) is 0 Å². The molecule has 1 aromatic carbocycles. The molecule has 19 heavy (non-hydrogen) atoms. The number of benzene rings is 1. The molecule has 6 heteroatoms. The average Bonchev–Trinajstić information content (AvgIpc) is 2.33. The third kappa shape index (κ3) is 2.44. The van der Waals surface area contributed by atoms with Crippen molar-refractivity contribution < 1.29 is 14.0 Å². The number of nitrogens with zero attached hydrogens (tertiary/aromatic N) is 1. The number of nitrogens with two attached hydrogens (primary N) is 1. The molecule has 1 saturated heterocycles. The molecule has 1 unspecified atom stereocenters. The quantitative estimate of drug-likeness (QED) is 0.772. The van der Waals surface area contributed by atoms with Crippen molar-refractivity contribution in [3.8, 4) is 0 Å². The summed E-state index contributed by atoms with van der Waals surface area (Å²) in [6.07, 6.45) is 0. The molecule has 102 valence electrons. The van der Waals surface area contributed by atoms with E-state index in [1.165, 1.54) is 11.0 Å². The van der Waals surface area contributed by atoms with Gasteiger partial charge in [0.05, 0.1) is 12.2 Å². The maximum atomic E-state index is 14.1. The molecule has 2 atom stereocenters. The van der Waals surface area contributed by atoms with Crippen LogP contribution in [-0.2, 0) is 9.59 Å². The maximum absolute atomic E-state index is 14.1. The lowest BCUT2D eigenvalue weighted by molar-refractivity contribution is -0.132. The summed E-state index contributed by atoms with van der Waals surface area (Å²) < 4.78 is 14.1. The maximum Gasteiger partial charge on any atom is 0.249 e. The summed E-state index contributed by atoms with van der Waals surface area (Å²) in [7, 11) is 0. The number of rotatable bonds is 2. The molecule has 1 fully saturated rings. The van der Waals surface area contributed by atoms with E-state index in [4.69, 9.17) is 5.73 Å². The highest BCUT2D eigenvalue weighted by Crippen LogP contribution is 2.30. The fourth-order valence-corrected chi connectivity index (χ4v) is 2.19. The van der Waals surface area contributed by atoms with Gasteiger partial charge in [-0.05, 0) is 25.5 Å². The third-order valence-corrected chi connectivity index (χ3v) is 3.22. The van der Waals surface area contributed by atoms with Gasteiger partial charge in [-0.2, -0.15) is 0 Å². The van der Waals surface area contributed by atoms with E-state index in [9.17, 15) is 14.0 Å². The first-order valence-corrected chi connectivity index (χ1v) is 6.06. The topological polar surface area (TPSA) is 75.4 Å². The first-order chi connectivity index (χ1) is 8.91. The SMILES string of the molecule is CC1C(=O)NC(=O)CN1c1c(F)cccc1[C@@H](C)N. The molecule has 1 heterocycles. The van der Waals surface area contributed by atoms with Crippen LogP contribution in [0.1, 0.15) is 25.5 Å².